The predicted octanol–water partition coefficient (Wildman–Crippen LogP) is 3.55. The van der Waals surface area contributed by atoms with Crippen molar-refractivity contribution in [1.29, 1.82) is 0 Å². The van der Waals surface area contributed by atoms with Gasteiger partial charge in [-0.05, 0) is 6.07 Å². The Labute approximate surface area is 123 Å². The average Bonchev–Trinajstić information content (AvgIpc) is 2.45. The maximum absolute atomic E-state index is 13.0. The van der Waals surface area contributed by atoms with Gasteiger partial charge in [-0.25, -0.2) is 13.6 Å². The van der Waals surface area contributed by atoms with Crippen molar-refractivity contribution in [3.8, 4) is 5.75 Å². The fourth-order valence-corrected chi connectivity index (χ4v) is 1.80. The molecule has 0 aliphatic carbocycles. The Morgan fingerprint density at radius 1 is 1.35 bits per heavy atom. The molecule has 0 saturated heterocycles. The van der Waals surface area contributed by atoms with Crippen molar-refractivity contribution >= 4 is 22.6 Å². The highest BCUT2D eigenvalue weighted by Crippen LogP contribution is 2.40. The summed E-state index contributed by atoms with van der Waals surface area (Å²) in [5.41, 5.74) is -2.68. The first-order valence-corrected chi connectivity index (χ1v) is 5.76. The monoisotopic (exact) mass is 336 g/mol. The first-order valence-electron chi connectivity index (χ1n) is 5.76. The molecule has 1 aromatic carbocycles. The number of fused-ring (bicyclic) bond motifs is 1. The van der Waals surface area contributed by atoms with E-state index in [1.165, 1.54) is 6.07 Å². The molecule has 1 heterocycles. The van der Waals surface area contributed by atoms with Crippen molar-refractivity contribution in [3.05, 3.63) is 40.1 Å². The number of nitrogens with zero attached hydrogens (tertiary/aromatic N) is 2. The summed E-state index contributed by atoms with van der Waals surface area (Å²) < 4.78 is 66.8. The lowest BCUT2D eigenvalue weighted by Crippen LogP contribution is -2.28. The third-order valence-electron chi connectivity index (χ3n) is 2.72. The van der Waals surface area contributed by atoms with Crippen molar-refractivity contribution in [1.82, 2.24) is 4.98 Å². The van der Waals surface area contributed by atoms with Crippen molar-refractivity contribution in [3.63, 3.8) is 0 Å². The van der Waals surface area contributed by atoms with Gasteiger partial charge in [0.2, 0.25) is 5.75 Å². The number of aromatic nitrogens is 1. The molecular weight excluding hydrogens is 331 g/mol. The summed E-state index contributed by atoms with van der Waals surface area (Å²) in [6, 6.07) is 2.63. The minimum atomic E-state index is -5.42. The van der Waals surface area contributed by atoms with Crippen LogP contribution < -0.4 is 4.74 Å². The number of nitro benzene ring substituents is 1. The topological polar surface area (TPSA) is 82.3 Å². The highest BCUT2D eigenvalue weighted by Gasteiger charge is 2.43. The highest BCUT2D eigenvalue weighted by atomic mass is 19.4. The van der Waals surface area contributed by atoms with E-state index in [1.807, 2.05) is 0 Å². The van der Waals surface area contributed by atoms with E-state index in [0.29, 0.717) is 6.07 Å². The number of alkyl halides is 5. The molecule has 0 radical (unpaired) electrons. The molecule has 23 heavy (non-hydrogen) atoms. The Morgan fingerprint density at radius 3 is 2.52 bits per heavy atom. The minimum Gasteiger partial charge on any atom is -0.410 e. The summed E-state index contributed by atoms with van der Waals surface area (Å²) in [4.78, 5) is 24.1. The van der Waals surface area contributed by atoms with Crippen LogP contribution in [0.3, 0.4) is 0 Å². The number of carbonyl (C=O) groups is 1. The van der Waals surface area contributed by atoms with E-state index < -0.39 is 46.0 Å². The van der Waals surface area contributed by atoms with Gasteiger partial charge in [-0.1, -0.05) is 6.07 Å². The minimum absolute atomic E-state index is 0.355. The standard InChI is InChI=1S/C12H5F5N2O4/c13-10(14)6-4-7(19(21)22)9(23-11(20)12(15,16)17)8-5(6)2-1-3-18-8/h1-4,10H. The Bertz CT molecular complexity index is 791. The summed E-state index contributed by atoms with van der Waals surface area (Å²) in [5.74, 6) is -3.87. The molecule has 0 spiro atoms. The third kappa shape index (κ3) is 3.17. The molecule has 0 aliphatic rings. The predicted molar refractivity (Wildman–Crippen MR) is 65.0 cm³/mol. The smallest absolute Gasteiger partial charge is 0.410 e. The Kier molecular flexibility index (Phi) is 4.12. The first kappa shape index (κ1) is 16.5. The van der Waals surface area contributed by atoms with Crippen molar-refractivity contribution < 1.29 is 36.4 Å². The molecule has 6 nitrogen and oxygen atoms in total. The number of halogens is 5. The van der Waals surface area contributed by atoms with Gasteiger partial charge >= 0.3 is 17.8 Å². The number of rotatable bonds is 3. The molecular formula is C12H5F5N2O4. The number of nitro groups is 1. The summed E-state index contributed by atoms with van der Waals surface area (Å²) >= 11 is 0. The van der Waals surface area contributed by atoms with E-state index in [4.69, 9.17) is 0 Å². The zero-order valence-corrected chi connectivity index (χ0v) is 10.8. The number of carbonyl (C=O) groups excluding carboxylic acids is 1. The third-order valence-corrected chi connectivity index (χ3v) is 2.72. The SMILES string of the molecule is O=C(Oc1c([N+](=O)[O-])cc(C(F)F)c2cccnc12)C(F)(F)F. The first-order chi connectivity index (χ1) is 10.6. The maximum Gasteiger partial charge on any atom is 0.491 e. The number of ether oxygens (including phenoxy) is 1. The largest absolute Gasteiger partial charge is 0.491 e. The lowest BCUT2D eigenvalue weighted by molar-refractivity contribution is -0.385. The second kappa shape index (κ2) is 5.74. The Morgan fingerprint density at radius 2 is 2.00 bits per heavy atom. The fourth-order valence-electron chi connectivity index (χ4n) is 1.80. The van der Waals surface area contributed by atoms with Gasteiger partial charge < -0.3 is 4.74 Å². The summed E-state index contributed by atoms with van der Waals surface area (Å²) in [6.45, 7) is 0. The van der Waals surface area contributed by atoms with E-state index in [-0.39, 0.29) is 5.39 Å². The molecule has 0 bridgehead atoms. The molecule has 0 aliphatic heterocycles. The van der Waals surface area contributed by atoms with Crippen molar-refractivity contribution in [2.75, 3.05) is 0 Å². The summed E-state index contributed by atoms with van der Waals surface area (Å²) in [7, 11) is 0. The summed E-state index contributed by atoms with van der Waals surface area (Å²) in [5, 5.41) is 10.6. The molecule has 122 valence electrons. The Balaban J connectivity index is 2.76. The number of esters is 1. The van der Waals surface area contributed by atoms with Gasteiger partial charge in [0.25, 0.3) is 6.43 Å². The molecule has 0 saturated carbocycles. The number of pyridine rings is 1. The van der Waals surface area contributed by atoms with Crippen LogP contribution in [0.2, 0.25) is 0 Å². The lowest BCUT2D eigenvalue weighted by atomic mass is 10.1. The molecule has 0 N–H and O–H groups in total. The van der Waals surface area contributed by atoms with Crippen molar-refractivity contribution in [2.45, 2.75) is 12.6 Å². The number of benzene rings is 1. The molecule has 2 rings (SSSR count). The Hall–Kier alpha value is -2.85. The molecule has 0 fully saturated rings. The average molecular weight is 336 g/mol. The molecule has 0 atom stereocenters. The van der Waals surface area contributed by atoms with E-state index in [0.717, 1.165) is 12.3 Å². The molecule has 0 unspecified atom stereocenters. The van der Waals surface area contributed by atoms with Gasteiger partial charge in [0, 0.05) is 23.2 Å². The van der Waals surface area contributed by atoms with Gasteiger partial charge in [0.05, 0.1) is 4.92 Å². The van der Waals surface area contributed by atoms with E-state index in [2.05, 4.69) is 9.72 Å². The summed E-state index contributed by atoms with van der Waals surface area (Å²) in [6.07, 6.45) is -7.56. The van der Waals surface area contributed by atoms with Crippen LogP contribution >= 0.6 is 0 Å². The fraction of sp³-hybridized carbons (Fsp3) is 0.167. The van der Waals surface area contributed by atoms with Crippen LogP contribution in [-0.4, -0.2) is 22.1 Å². The van der Waals surface area contributed by atoms with Gasteiger partial charge in [0.15, 0.2) is 0 Å². The molecule has 2 aromatic rings. The number of hydrogen-bond acceptors (Lipinski definition) is 5. The van der Waals surface area contributed by atoms with Crippen LogP contribution in [0.15, 0.2) is 24.4 Å². The van der Waals surface area contributed by atoms with Crippen LogP contribution in [0.5, 0.6) is 5.75 Å². The van der Waals surface area contributed by atoms with Crippen LogP contribution in [0.25, 0.3) is 10.9 Å². The number of hydrogen-bond donors (Lipinski definition) is 0. The van der Waals surface area contributed by atoms with Crippen molar-refractivity contribution in [2.24, 2.45) is 0 Å². The van der Waals surface area contributed by atoms with E-state index in [9.17, 15) is 36.9 Å². The van der Waals surface area contributed by atoms with Gasteiger partial charge in [-0.2, -0.15) is 13.2 Å². The normalized spacial score (nSPS) is 11.7. The molecule has 11 heteroatoms. The van der Waals surface area contributed by atoms with Crippen LogP contribution in [0, 0.1) is 10.1 Å². The molecule has 1 aromatic heterocycles. The van der Waals surface area contributed by atoms with Gasteiger partial charge in [-0.15, -0.1) is 0 Å². The second-order valence-corrected chi connectivity index (χ2v) is 4.16. The van der Waals surface area contributed by atoms with Gasteiger partial charge in [-0.3, -0.25) is 15.1 Å². The van der Waals surface area contributed by atoms with Crippen LogP contribution in [0.4, 0.5) is 27.6 Å². The zero-order chi connectivity index (χ0) is 17.4. The second-order valence-electron chi connectivity index (χ2n) is 4.16. The van der Waals surface area contributed by atoms with Crippen LogP contribution in [-0.2, 0) is 4.79 Å². The van der Waals surface area contributed by atoms with Crippen LogP contribution in [0.1, 0.15) is 12.0 Å². The van der Waals surface area contributed by atoms with E-state index in [1.54, 1.807) is 0 Å². The molecule has 0 amide bonds. The van der Waals surface area contributed by atoms with E-state index >= 15 is 0 Å². The highest BCUT2D eigenvalue weighted by molar-refractivity contribution is 5.94. The maximum atomic E-state index is 13.0. The lowest BCUT2D eigenvalue weighted by Gasteiger charge is -2.12. The zero-order valence-electron chi connectivity index (χ0n) is 10.8. The van der Waals surface area contributed by atoms with Gasteiger partial charge in [0.1, 0.15) is 5.52 Å². The quantitative estimate of drug-likeness (QED) is 0.281.